The fraction of sp³-hybridized carbons (Fsp3) is 0.571. The Kier molecular flexibility index (Phi) is 6.48. The van der Waals surface area contributed by atoms with E-state index >= 15 is 0 Å². The fourth-order valence-corrected chi connectivity index (χ4v) is 3.28. The van der Waals surface area contributed by atoms with Crippen LogP contribution in [0.15, 0.2) is 29.2 Å². The molecule has 0 saturated heterocycles. The number of rotatable bonds is 8. The quantitative estimate of drug-likeness (QED) is 0.770. The van der Waals surface area contributed by atoms with E-state index in [1.165, 1.54) is 0 Å². The Morgan fingerprint density at radius 3 is 2.68 bits per heavy atom. The predicted octanol–water partition coefficient (Wildman–Crippen LogP) is 2.26. The number of benzene rings is 1. The van der Waals surface area contributed by atoms with Crippen LogP contribution in [0.2, 0.25) is 0 Å². The molecule has 0 amide bonds. The summed E-state index contributed by atoms with van der Waals surface area (Å²) in [5.41, 5.74) is 0.964. The van der Waals surface area contributed by atoms with Gasteiger partial charge in [-0.25, -0.2) is 13.1 Å². The lowest BCUT2D eigenvalue weighted by Crippen LogP contribution is -2.32. The minimum atomic E-state index is -3.41. The van der Waals surface area contributed by atoms with Crippen molar-refractivity contribution in [3.63, 3.8) is 0 Å². The fourth-order valence-electron chi connectivity index (χ4n) is 1.93. The molecule has 0 fully saturated rings. The zero-order valence-electron chi connectivity index (χ0n) is 11.9. The van der Waals surface area contributed by atoms with Gasteiger partial charge < -0.3 is 5.32 Å². The van der Waals surface area contributed by atoms with Crippen molar-refractivity contribution in [2.24, 2.45) is 0 Å². The normalized spacial score (nSPS) is 13.4. The molecule has 1 atom stereocenters. The molecule has 0 aliphatic heterocycles. The first-order valence-corrected chi connectivity index (χ1v) is 8.23. The van der Waals surface area contributed by atoms with Crippen molar-refractivity contribution >= 4 is 10.0 Å². The highest BCUT2D eigenvalue weighted by Crippen LogP contribution is 2.13. The van der Waals surface area contributed by atoms with Crippen LogP contribution in [0.4, 0.5) is 0 Å². The number of unbranched alkanes of at least 4 members (excludes halogenated alkanes) is 1. The summed E-state index contributed by atoms with van der Waals surface area (Å²) in [5.74, 6) is 0. The Morgan fingerprint density at radius 2 is 2.05 bits per heavy atom. The molecule has 0 radical (unpaired) electrons. The standard InChI is InChI=1S/C14H24N2O2S/c1-4-5-7-12(2)16-19(17,18)14-9-6-8-13(10-14)11-15-3/h6,8-10,12,15-16H,4-5,7,11H2,1-3H3. The van der Waals surface area contributed by atoms with Gasteiger partial charge in [0.1, 0.15) is 0 Å². The summed E-state index contributed by atoms with van der Waals surface area (Å²) in [6, 6.07) is 7.01. The van der Waals surface area contributed by atoms with Crippen LogP contribution in [0.1, 0.15) is 38.7 Å². The number of hydrogen-bond acceptors (Lipinski definition) is 3. The zero-order valence-corrected chi connectivity index (χ0v) is 12.8. The van der Waals surface area contributed by atoms with Gasteiger partial charge in [-0.2, -0.15) is 0 Å². The lowest BCUT2D eigenvalue weighted by molar-refractivity contribution is 0.534. The maximum atomic E-state index is 12.2. The first kappa shape index (κ1) is 16.1. The summed E-state index contributed by atoms with van der Waals surface area (Å²) >= 11 is 0. The van der Waals surface area contributed by atoms with Crippen molar-refractivity contribution in [2.75, 3.05) is 7.05 Å². The first-order valence-electron chi connectivity index (χ1n) is 6.75. The van der Waals surface area contributed by atoms with Gasteiger partial charge in [0.15, 0.2) is 0 Å². The molecule has 0 aliphatic rings. The second-order valence-electron chi connectivity index (χ2n) is 4.84. The maximum absolute atomic E-state index is 12.2. The highest BCUT2D eigenvalue weighted by molar-refractivity contribution is 7.89. The van der Waals surface area contributed by atoms with Gasteiger partial charge in [0.2, 0.25) is 10.0 Å². The summed E-state index contributed by atoms with van der Waals surface area (Å²) in [4.78, 5) is 0.337. The first-order chi connectivity index (χ1) is 8.99. The molecule has 19 heavy (non-hydrogen) atoms. The molecule has 4 nitrogen and oxygen atoms in total. The van der Waals surface area contributed by atoms with Gasteiger partial charge in [-0.1, -0.05) is 31.9 Å². The van der Waals surface area contributed by atoms with Crippen LogP contribution in [0.3, 0.4) is 0 Å². The Hall–Kier alpha value is -0.910. The largest absolute Gasteiger partial charge is 0.316 e. The van der Waals surface area contributed by atoms with E-state index < -0.39 is 10.0 Å². The smallest absolute Gasteiger partial charge is 0.240 e. The average Bonchev–Trinajstić information content (AvgIpc) is 2.36. The lowest BCUT2D eigenvalue weighted by atomic mass is 10.2. The summed E-state index contributed by atoms with van der Waals surface area (Å²) in [6.07, 6.45) is 2.97. The van der Waals surface area contributed by atoms with Gasteiger partial charge in [-0.05, 0) is 38.1 Å². The van der Waals surface area contributed by atoms with Crippen LogP contribution in [-0.4, -0.2) is 21.5 Å². The molecule has 5 heteroatoms. The van der Waals surface area contributed by atoms with Crippen molar-refractivity contribution in [1.82, 2.24) is 10.0 Å². The van der Waals surface area contributed by atoms with E-state index in [-0.39, 0.29) is 6.04 Å². The zero-order chi connectivity index (χ0) is 14.3. The van der Waals surface area contributed by atoms with Crippen LogP contribution in [0, 0.1) is 0 Å². The summed E-state index contributed by atoms with van der Waals surface area (Å²) < 4.78 is 27.2. The SMILES string of the molecule is CCCCC(C)NS(=O)(=O)c1cccc(CNC)c1. The third-order valence-corrected chi connectivity index (χ3v) is 4.52. The van der Waals surface area contributed by atoms with Crippen LogP contribution in [0.25, 0.3) is 0 Å². The second-order valence-corrected chi connectivity index (χ2v) is 6.56. The Morgan fingerprint density at radius 1 is 1.32 bits per heavy atom. The van der Waals surface area contributed by atoms with E-state index in [1.54, 1.807) is 18.2 Å². The molecule has 0 spiro atoms. The summed E-state index contributed by atoms with van der Waals surface area (Å²) in [5, 5.41) is 3.02. The van der Waals surface area contributed by atoms with Crippen molar-refractivity contribution < 1.29 is 8.42 Å². The van der Waals surface area contributed by atoms with Crippen LogP contribution < -0.4 is 10.0 Å². The van der Waals surface area contributed by atoms with Gasteiger partial charge in [0.05, 0.1) is 4.90 Å². The topological polar surface area (TPSA) is 58.2 Å². The molecule has 0 aliphatic carbocycles. The number of sulfonamides is 1. The lowest BCUT2D eigenvalue weighted by Gasteiger charge is -2.14. The molecular weight excluding hydrogens is 260 g/mol. The van der Waals surface area contributed by atoms with Crippen molar-refractivity contribution in [1.29, 1.82) is 0 Å². The third kappa shape index (κ3) is 5.30. The van der Waals surface area contributed by atoms with Gasteiger partial charge in [0, 0.05) is 12.6 Å². The molecule has 0 heterocycles. The molecule has 0 bridgehead atoms. The summed E-state index contributed by atoms with van der Waals surface area (Å²) in [7, 11) is -1.57. The van der Waals surface area contributed by atoms with E-state index in [4.69, 9.17) is 0 Å². The van der Waals surface area contributed by atoms with E-state index in [9.17, 15) is 8.42 Å². The molecule has 0 aromatic heterocycles. The van der Waals surface area contributed by atoms with E-state index in [0.29, 0.717) is 11.4 Å². The van der Waals surface area contributed by atoms with E-state index in [2.05, 4.69) is 17.0 Å². The van der Waals surface area contributed by atoms with Crippen LogP contribution in [-0.2, 0) is 16.6 Å². The van der Waals surface area contributed by atoms with Crippen molar-refractivity contribution in [2.45, 2.75) is 50.6 Å². The molecular formula is C14H24N2O2S. The van der Waals surface area contributed by atoms with Gasteiger partial charge in [-0.3, -0.25) is 0 Å². The van der Waals surface area contributed by atoms with Gasteiger partial charge >= 0.3 is 0 Å². The highest BCUT2D eigenvalue weighted by Gasteiger charge is 2.17. The Balaban J connectivity index is 2.79. The molecule has 1 aromatic carbocycles. The third-order valence-electron chi connectivity index (χ3n) is 2.94. The Labute approximate surface area is 116 Å². The van der Waals surface area contributed by atoms with Crippen LogP contribution >= 0.6 is 0 Å². The molecule has 1 rings (SSSR count). The molecule has 1 unspecified atom stereocenters. The molecule has 1 aromatic rings. The molecule has 0 saturated carbocycles. The number of hydrogen-bond donors (Lipinski definition) is 2. The average molecular weight is 284 g/mol. The van der Waals surface area contributed by atoms with Gasteiger partial charge in [0.25, 0.3) is 0 Å². The minimum absolute atomic E-state index is 0.0297. The second kappa shape index (κ2) is 7.62. The predicted molar refractivity (Wildman–Crippen MR) is 78.5 cm³/mol. The minimum Gasteiger partial charge on any atom is -0.316 e. The highest BCUT2D eigenvalue weighted by atomic mass is 32.2. The van der Waals surface area contributed by atoms with Gasteiger partial charge in [-0.15, -0.1) is 0 Å². The number of nitrogens with one attached hydrogen (secondary N) is 2. The molecule has 2 N–H and O–H groups in total. The monoisotopic (exact) mass is 284 g/mol. The van der Waals surface area contributed by atoms with E-state index in [0.717, 1.165) is 24.8 Å². The molecule has 108 valence electrons. The maximum Gasteiger partial charge on any atom is 0.240 e. The van der Waals surface area contributed by atoms with Crippen LogP contribution in [0.5, 0.6) is 0 Å². The van der Waals surface area contributed by atoms with E-state index in [1.807, 2.05) is 20.0 Å². The van der Waals surface area contributed by atoms with Crippen molar-refractivity contribution in [3.05, 3.63) is 29.8 Å². The Bertz CT molecular complexity index is 486. The van der Waals surface area contributed by atoms with Crippen molar-refractivity contribution in [3.8, 4) is 0 Å². The summed E-state index contributed by atoms with van der Waals surface area (Å²) in [6.45, 7) is 4.67.